The zero-order valence-electron chi connectivity index (χ0n) is 20.5. The molecule has 2 N–H and O–H groups in total. The number of imide groups is 1. The van der Waals surface area contributed by atoms with Crippen molar-refractivity contribution >= 4 is 23.7 Å². The predicted octanol–water partition coefficient (Wildman–Crippen LogP) is 3.90. The minimum absolute atomic E-state index is 0.130. The third-order valence-corrected chi connectivity index (χ3v) is 8.09. The molecule has 36 heavy (non-hydrogen) atoms. The number of hydrogen-bond donors (Lipinski definition) is 2. The maximum Gasteiger partial charge on any atom is 0.321 e. The molecule has 0 unspecified atom stereocenters. The molecule has 0 aromatic heterocycles. The molecule has 9 nitrogen and oxygen atoms in total. The number of benzene rings is 1. The Morgan fingerprint density at radius 2 is 1.81 bits per heavy atom. The molecule has 3 heterocycles. The van der Waals surface area contributed by atoms with Crippen LogP contribution < -0.4 is 16.2 Å². The lowest BCUT2D eigenvalue weighted by molar-refractivity contribution is -0.119. The predicted molar refractivity (Wildman–Crippen MR) is 139 cm³/mol. The monoisotopic (exact) mass is 508 g/mol. The van der Waals surface area contributed by atoms with E-state index in [2.05, 4.69) is 20.3 Å². The lowest BCUT2D eigenvalue weighted by atomic mass is 9.96. The van der Waals surface area contributed by atoms with Crippen LogP contribution in [0.1, 0.15) is 64.0 Å². The first kappa shape index (κ1) is 24.5. The van der Waals surface area contributed by atoms with Crippen molar-refractivity contribution in [3.63, 3.8) is 0 Å². The lowest BCUT2D eigenvalue weighted by Crippen LogP contribution is -2.47. The molecule has 3 aliphatic heterocycles. The molecule has 5 rings (SSSR count). The van der Waals surface area contributed by atoms with Gasteiger partial charge in [0.1, 0.15) is 5.56 Å². The van der Waals surface area contributed by atoms with E-state index < -0.39 is 11.3 Å². The van der Waals surface area contributed by atoms with Gasteiger partial charge in [-0.15, -0.1) is 5.10 Å². The molecule has 190 valence electrons. The summed E-state index contributed by atoms with van der Waals surface area (Å²) in [5, 5.41) is 10.1. The van der Waals surface area contributed by atoms with Crippen LogP contribution in [0.15, 0.2) is 40.3 Å². The van der Waals surface area contributed by atoms with E-state index in [1.165, 1.54) is 22.9 Å². The van der Waals surface area contributed by atoms with E-state index in [9.17, 15) is 14.4 Å². The van der Waals surface area contributed by atoms with E-state index in [4.69, 9.17) is 4.98 Å². The van der Waals surface area contributed by atoms with Crippen LogP contribution in [0.2, 0.25) is 0 Å². The summed E-state index contributed by atoms with van der Waals surface area (Å²) < 4.78 is 3.48. The van der Waals surface area contributed by atoms with Gasteiger partial charge in [0.25, 0.3) is 5.56 Å². The van der Waals surface area contributed by atoms with Crippen molar-refractivity contribution in [2.75, 3.05) is 0 Å². The van der Waals surface area contributed by atoms with Crippen molar-refractivity contribution in [1.29, 1.82) is 0 Å². The van der Waals surface area contributed by atoms with E-state index >= 15 is 0 Å². The maximum atomic E-state index is 13.4. The number of nitrogens with one attached hydrogen (secondary N) is 2. The van der Waals surface area contributed by atoms with Gasteiger partial charge < -0.3 is 9.88 Å². The molecule has 10 heteroatoms. The van der Waals surface area contributed by atoms with Gasteiger partial charge in [-0.1, -0.05) is 55.6 Å². The Labute approximate surface area is 214 Å². The smallest absolute Gasteiger partial charge is 0.321 e. The van der Waals surface area contributed by atoms with Crippen molar-refractivity contribution in [3.05, 3.63) is 46.4 Å². The number of carbonyl (C=O) groups is 2. The van der Waals surface area contributed by atoms with E-state index in [-0.39, 0.29) is 17.5 Å². The summed E-state index contributed by atoms with van der Waals surface area (Å²) in [7, 11) is 0. The highest BCUT2D eigenvalue weighted by Crippen LogP contribution is 2.32. The van der Waals surface area contributed by atoms with E-state index in [0.717, 1.165) is 63.6 Å². The van der Waals surface area contributed by atoms with Crippen LogP contribution in [0.25, 0.3) is 17.1 Å². The minimum atomic E-state index is -0.546. The van der Waals surface area contributed by atoms with Gasteiger partial charge in [-0.05, 0) is 51.2 Å². The van der Waals surface area contributed by atoms with E-state index in [1.54, 1.807) is 6.92 Å². The van der Waals surface area contributed by atoms with E-state index in [1.807, 2.05) is 30.3 Å². The van der Waals surface area contributed by atoms with Gasteiger partial charge in [0.05, 0.1) is 10.9 Å². The largest absolute Gasteiger partial charge is 0.335 e. The number of carbonyl (C=O) groups excluding carboxylic acids is 2. The number of hydrogen-bond acceptors (Lipinski definition) is 6. The SMILES string of the molecule is C[C@H](Sc1nc2nn(-c3ccccc3)c(=O)c-2c2n1CCCCC2)C(=O)NC(=O)NC1CCCCC1. The van der Waals surface area contributed by atoms with Gasteiger partial charge in [-0.2, -0.15) is 4.68 Å². The number of nitrogens with zero attached hydrogens (tertiary/aromatic N) is 4. The van der Waals surface area contributed by atoms with Gasteiger partial charge in [-0.25, -0.2) is 9.78 Å². The van der Waals surface area contributed by atoms with Crippen LogP contribution in [-0.4, -0.2) is 42.6 Å². The average Bonchev–Trinajstić information content (AvgIpc) is 3.04. The van der Waals surface area contributed by atoms with Crippen molar-refractivity contribution in [1.82, 2.24) is 30.0 Å². The Kier molecular flexibility index (Phi) is 7.41. The summed E-state index contributed by atoms with van der Waals surface area (Å²) in [4.78, 5) is 43.3. The van der Waals surface area contributed by atoms with Crippen LogP contribution in [0, 0.1) is 0 Å². The first-order valence-corrected chi connectivity index (χ1v) is 13.7. The first-order valence-electron chi connectivity index (χ1n) is 12.9. The zero-order chi connectivity index (χ0) is 25.1. The van der Waals surface area contributed by atoms with Crippen LogP contribution >= 0.6 is 11.8 Å². The molecule has 4 aliphatic rings. The number of fused-ring (bicyclic) bond motifs is 3. The zero-order valence-corrected chi connectivity index (χ0v) is 21.4. The van der Waals surface area contributed by atoms with Crippen LogP contribution in [0.5, 0.6) is 0 Å². The molecular formula is C26H32N6O3S. The summed E-state index contributed by atoms with van der Waals surface area (Å²) in [5.41, 5.74) is 2.00. The lowest BCUT2D eigenvalue weighted by Gasteiger charge is -2.23. The van der Waals surface area contributed by atoms with Crippen LogP contribution in [0.3, 0.4) is 0 Å². The Bertz CT molecular complexity index is 1260. The normalized spacial score (nSPS) is 17.2. The summed E-state index contributed by atoms with van der Waals surface area (Å²) in [6.45, 7) is 2.50. The highest BCUT2D eigenvalue weighted by molar-refractivity contribution is 8.00. The Morgan fingerprint density at radius 3 is 2.58 bits per heavy atom. The molecule has 1 aliphatic carbocycles. The van der Waals surface area contributed by atoms with Gasteiger partial charge in [0, 0.05) is 18.3 Å². The number of urea groups is 1. The third kappa shape index (κ3) is 5.18. The number of thioether (sulfide) groups is 1. The molecule has 1 saturated carbocycles. The Hall–Kier alpha value is -3.14. The molecule has 0 bridgehead atoms. The summed E-state index contributed by atoms with van der Waals surface area (Å²) in [5.74, 6) is 0.0275. The minimum Gasteiger partial charge on any atom is -0.335 e. The van der Waals surface area contributed by atoms with Gasteiger partial charge in [0.2, 0.25) is 5.91 Å². The fourth-order valence-corrected chi connectivity index (χ4v) is 6.03. The molecule has 0 saturated heterocycles. The first-order chi connectivity index (χ1) is 17.5. The molecular weight excluding hydrogens is 476 g/mol. The van der Waals surface area contributed by atoms with Crippen molar-refractivity contribution in [3.8, 4) is 17.1 Å². The van der Waals surface area contributed by atoms with Crippen LogP contribution in [-0.2, 0) is 17.8 Å². The third-order valence-electron chi connectivity index (χ3n) is 7.00. The number of para-hydroxylation sites is 1. The fourth-order valence-electron chi connectivity index (χ4n) is 5.08. The Morgan fingerprint density at radius 1 is 1.06 bits per heavy atom. The summed E-state index contributed by atoms with van der Waals surface area (Å²) in [6.07, 6.45) is 9.09. The van der Waals surface area contributed by atoms with Crippen molar-refractivity contribution in [2.24, 2.45) is 0 Å². The number of rotatable bonds is 5. The second-order valence-electron chi connectivity index (χ2n) is 9.61. The highest BCUT2D eigenvalue weighted by atomic mass is 32.2. The van der Waals surface area contributed by atoms with Gasteiger partial charge >= 0.3 is 6.03 Å². The molecule has 1 aromatic carbocycles. The molecule has 3 amide bonds. The molecule has 1 atom stereocenters. The summed E-state index contributed by atoms with van der Waals surface area (Å²) >= 11 is 1.30. The standard InChI is InChI=1S/C26H32N6O3S/c1-17(23(33)29-25(35)27-18-11-5-2-6-12-18)36-26-28-22-21(20-15-9-4-10-16-31(20)26)24(34)32(30-22)19-13-7-3-8-14-19/h3,7-8,13-14,17-18H,2,4-6,9-12,15-16H2,1H3,(H2,27,29,33,35)/t17-/m0/s1. The maximum absolute atomic E-state index is 13.4. The number of aromatic nitrogens is 4. The molecule has 0 radical (unpaired) electrons. The van der Waals surface area contributed by atoms with Gasteiger partial charge in [-0.3, -0.25) is 14.9 Å². The van der Waals surface area contributed by atoms with Gasteiger partial charge in [0.15, 0.2) is 11.0 Å². The second-order valence-corrected chi connectivity index (χ2v) is 10.9. The van der Waals surface area contributed by atoms with E-state index in [0.29, 0.717) is 22.2 Å². The van der Waals surface area contributed by atoms with Crippen molar-refractivity contribution in [2.45, 2.75) is 87.7 Å². The molecule has 1 aromatic rings. The Balaban J connectivity index is 1.40. The molecule has 1 fully saturated rings. The topological polar surface area (TPSA) is 111 Å². The highest BCUT2D eigenvalue weighted by Gasteiger charge is 2.29. The second kappa shape index (κ2) is 10.9. The molecule has 0 spiro atoms. The average molecular weight is 509 g/mol. The quantitative estimate of drug-likeness (QED) is 0.400. The number of amides is 3. The van der Waals surface area contributed by atoms with Crippen LogP contribution in [0.4, 0.5) is 4.79 Å². The fraction of sp³-hybridized carbons (Fsp3) is 0.500. The van der Waals surface area contributed by atoms with Crippen molar-refractivity contribution < 1.29 is 9.59 Å². The summed E-state index contributed by atoms with van der Waals surface area (Å²) in [6, 6.07) is 9.02.